The number of aromatic nitrogens is 2. The van der Waals surface area contributed by atoms with Gasteiger partial charge in [-0.1, -0.05) is 17.7 Å². The molecule has 2 aromatic rings. The fourth-order valence-corrected chi connectivity index (χ4v) is 3.77. The van der Waals surface area contributed by atoms with E-state index in [1.54, 1.807) is 24.3 Å². The molecule has 3 rings (SSSR count). The van der Waals surface area contributed by atoms with Gasteiger partial charge in [0.1, 0.15) is 0 Å². The molecule has 7 heteroatoms. The Bertz CT molecular complexity index is 772. The first-order valence-electron chi connectivity index (χ1n) is 6.66. The number of benzene rings is 1. The Kier molecular flexibility index (Phi) is 3.38. The van der Waals surface area contributed by atoms with Crippen LogP contribution in [0.5, 0.6) is 0 Å². The lowest BCUT2D eigenvalue weighted by Crippen LogP contribution is -2.29. The molecular formula is C14H16N4O2S. The van der Waals surface area contributed by atoms with Gasteiger partial charge in [-0.2, -0.15) is 0 Å². The average molecular weight is 304 g/mol. The zero-order chi connectivity index (χ0) is 15.0. The maximum Gasteiger partial charge on any atom is 0.265 e. The lowest BCUT2D eigenvalue weighted by Gasteiger charge is -2.18. The first kappa shape index (κ1) is 14.0. The van der Waals surface area contributed by atoms with E-state index in [9.17, 15) is 8.42 Å². The van der Waals surface area contributed by atoms with E-state index in [2.05, 4.69) is 9.97 Å². The molecule has 0 amide bonds. The highest BCUT2D eigenvalue weighted by Crippen LogP contribution is 2.29. The molecule has 1 aromatic carbocycles. The summed E-state index contributed by atoms with van der Waals surface area (Å²) in [5, 5.41) is 0. The third-order valence-corrected chi connectivity index (χ3v) is 5.28. The fourth-order valence-electron chi connectivity index (χ4n) is 2.32. The fraction of sp³-hybridized carbons (Fsp3) is 0.286. The van der Waals surface area contributed by atoms with E-state index in [1.165, 1.54) is 10.5 Å². The molecular weight excluding hydrogens is 288 g/mol. The Balaban J connectivity index is 2.01. The summed E-state index contributed by atoms with van der Waals surface area (Å²) in [5.74, 6) is 0.410. The van der Waals surface area contributed by atoms with Crippen molar-refractivity contribution in [3.8, 4) is 0 Å². The zero-order valence-electron chi connectivity index (χ0n) is 11.7. The standard InChI is InChI=1S/C14H16N4O2S/c1-10-2-4-12(5-3-10)21(19,20)18-7-6-13-14(18)16-9-11(8-15)17-13/h2-5,9H,6-8,15H2,1H3. The van der Waals surface area contributed by atoms with Gasteiger partial charge in [-0.25, -0.2) is 17.7 Å². The van der Waals surface area contributed by atoms with Crippen molar-refractivity contribution in [2.24, 2.45) is 5.73 Å². The van der Waals surface area contributed by atoms with Gasteiger partial charge in [0.15, 0.2) is 5.82 Å². The second-order valence-electron chi connectivity index (χ2n) is 4.98. The number of sulfonamides is 1. The zero-order valence-corrected chi connectivity index (χ0v) is 12.5. The average Bonchev–Trinajstić information content (AvgIpc) is 2.91. The number of fused-ring (bicyclic) bond motifs is 1. The molecule has 0 spiro atoms. The molecule has 1 aliphatic heterocycles. The highest BCUT2D eigenvalue weighted by atomic mass is 32.2. The number of anilines is 1. The Hall–Kier alpha value is -1.99. The Morgan fingerprint density at radius 2 is 2.00 bits per heavy atom. The predicted octanol–water partition coefficient (Wildman–Crippen LogP) is 0.995. The van der Waals surface area contributed by atoms with Crippen molar-refractivity contribution in [3.05, 3.63) is 47.4 Å². The minimum absolute atomic E-state index is 0.269. The molecule has 0 fully saturated rings. The highest BCUT2D eigenvalue weighted by Gasteiger charge is 2.33. The van der Waals surface area contributed by atoms with Gasteiger partial charge in [-0.15, -0.1) is 0 Å². The van der Waals surface area contributed by atoms with Gasteiger partial charge in [-0.05, 0) is 19.1 Å². The van der Waals surface area contributed by atoms with Crippen LogP contribution in [0.4, 0.5) is 5.82 Å². The number of hydrogen-bond donors (Lipinski definition) is 1. The summed E-state index contributed by atoms with van der Waals surface area (Å²) >= 11 is 0. The van der Waals surface area contributed by atoms with Crippen LogP contribution in [0, 0.1) is 6.92 Å². The molecule has 0 radical (unpaired) electrons. The summed E-state index contributed by atoms with van der Waals surface area (Å²) in [5.41, 5.74) is 7.91. The SMILES string of the molecule is Cc1ccc(S(=O)(=O)N2CCc3nc(CN)cnc32)cc1. The minimum atomic E-state index is -3.59. The van der Waals surface area contributed by atoms with Crippen molar-refractivity contribution in [1.82, 2.24) is 9.97 Å². The van der Waals surface area contributed by atoms with Gasteiger partial charge < -0.3 is 5.73 Å². The predicted molar refractivity (Wildman–Crippen MR) is 79.3 cm³/mol. The van der Waals surface area contributed by atoms with Crippen LogP contribution in [0.1, 0.15) is 17.0 Å². The first-order chi connectivity index (χ1) is 10.0. The van der Waals surface area contributed by atoms with Gasteiger partial charge in [0.25, 0.3) is 10.0 Å². The second kappa shape index (κ2) is 5.09. The van der Waals surface area contributed by atoms with E-state index in [4.69, 9.17) is 5.73 Å². The third kappa shape index (κ3) is 2.38. The number of rotatable bonds is 3. The maximum absolute atomic E-state index is 12.7. The van der Waals surface area contributed by atoms with Crippen LogP contribution >= 0.6 is 0 Å². The molecule has 0 bridgehead atoms. The van der Waals surface area contributed by atoms with Crippen LogP contribution in [-0.2, 0) is 23.0 Å². The van der Waals surface area contributed by atoms with E-state index >= 15 is 0 Å². The summed E-state index contributed by atoms with van der Waals surface area (Å²) in [6.45, 7) is 2.58. The molecule has 110 valence electrons. The van der Waals surface area contributed by atoms with Gasteiger partial charge >= 0.3 is 0 Å². The summed E-state index contributed by atoms with van der Waals surface area (Å²) in [7, 11) is -3.59. The molecule has 0 aliphatic carbocycles. The maximum atomic E-state index is 12.7. The lowest BCUT2D eigenvalue weighted by molar-refractivity contribution is 0.592. The highest BCUT2D eigenvalue weighted by molar-refractivity contribution is 7.92. The number of nitrogens with zero attached hydrogens (tertiary/aromatic N) is 3. The smallest absolute Gasteiger partial charge is 0.265 e. The van der Waals surface area contributed by atoms with Crippen molar-refractivity contribution in [2.45, 2.75) is 24.8 Å². The molecule has 2 N–H and O–H groups in total. The molecule has 1 aromatic heterocycles. The van der Waals surface area contributed by atoms with Crippen LogP contribution in [-0.4, -0.2) is 24.9 Å². The van der Waals surface area contributed by atoms with E-state index in [0.29, 0.717) is 36.7 Å². The monoisotopic (exact) mass is 304 g/mol. The number of hydrogen-bond acceptors (Lipinski definition) is 5. The van der Waals surface area contributed by atoms with Gasteiger partial charge in [-0.3, -0.25) is 4.98 Å². The Morgan fingerprint density at radius 3 is 2.67 bits per heavy atom. The summed E-state index contributed by atoms with van der Waals surface area (Å²) in [4.78, 5) is 8.84. The Labute approximate surface area is 123 Å². The van der Waals surface area contributed by atoms with Gasteiger partial charge in [0, 0.05) is 19.5 Å². The van der Waals surface area contributed by atoms with Crippen LogP contribution in [0.3, 0.4) is 0 Å². The minimum Gasteiger partial charge on any atom is -0.325 e. The normalized spacial score (nSPS) is 14.3. The first-order valence-corrected chi connectivity index (χ1v) is 8.10. The molecule has 21 heavy (non-hydrogen) atoms. The molecule has 6 nitrogen and oxygen atoms in total. The van der Waals surface area contributed by atoms with Gasteiger partial charge in [0.05, 0.1) is 22.5 Å². The molecule has 0 saturated carbocycles. The molecule has 0 unspecified atom stereocenters. The third-order valence-electron chi connectivity index (χ3n) is 3.48. The van der Waals surface area contributed by atoms with Crippen LogP contribution in [0.15, 0.2) is 35.4 Å². The van der Waals surface area contributed by atoms with Crippen LogP contribution in [0.2, 0.25) is 0 Å². The molecule has 1 aliphatic rings. The van der Waals surface area contributed by atoms with Crippen LogP contribution < -0.4 is 10.0 Å². The Morgan fingerprint density at radius 1 is 1.29 bits per heavy atom. The molecule has 0 atom stereocenters. The van der Waals surface area contributed by atoms with Crippen LogP contribution in [0.25, 0.3) is 0 Å². The van der Waals surface area contributed by atoms with Crippen molar-refractivity contribution < 1.29 is 8.42 Å². The molecule has 2 heterocycles. The van der Waals surface area contributed by atoms with E-state index in [0.717, 1.165) is 5.56 Å². The summed E-state index contributed by atoms with van der Waals surface area (Å²) < 4.78 is 26.7. The van der Waals surface area contributed by atoms with Crippen molar-refractivity contribution in [3.63, 3.8) is 0 Å². The van der Waals surface area contributed by atoms with Crippen molar-refractivity contribution in [2.75, 3.05) is 10.8 Å². The van der Waals surface area contributed by atoms with Crippen molar-refractivity contribution >= 4 is 15.8 Å². The van der Waals surface area contributed by atoms with E-state index in [-0.39, 0.29) is 4.90 Å². The van der Waals surface area contributed by atoms with E-state index in [1.807, 2.05) is 6.92 Å². The summed E-state index contributed by atoms with van der Waals surface area (Å²) in [6, 6.07) is 6.80. The quantitative estimate of drug-likeness (QED) is 0.913. The number of nitrogens with two attached hydrogens (primary N) is 1. The largest absolute Gasteiger partial charge is 0.325 e. The molecule has 0 saturated heterocycles. The lowest BCUT2D eigenvalue weighted by atomic mass is 10.2. The number of aryl methyl sites for hydroxylation is 1. The van der Waals surface area contributed by atoms with E-state index < -0.39 is 10.0 Å². The second-order valence-corrected chi connectivity index (χ2v) is 6.84. The topological polar surface area (TPSA) is 89.2 Å². The van der Waals surface area contributed by atoms with Crippen molar-refractivity contribution in [1.29, 1.82) is 0 Å². The van der Waals surface area contributed by atoms with Gasteiger partial charge in [0.2, 0.25) is 0 Å². The summed E-state index contributed by atoms with van der Waals surface area (Å²) in [6.07, 6.45) is 2.09.